The Labute approximate surface area is 373 Å². The molecule has 5 aliphatic rings. The number of fused-ring (bicyclic) bond motifs is 5. The van der Waals surface area contributed by atoms with Crippen LogP contribution in [0.2, 0.25) is 5.02 Å². The standard InChI is InChI=1S/C46H60ClN5O11/c1-26-9-8-10-28(3)46(60)23-34(61-44(59)49-46)29(4)42-45(5,63-42)35(22-39(56)51(7)33-21-31(19-26)20-27(2)41(33)47)62-40(57)25-50(6)36(53)17-18-48-43(58)32-13-11-30(12-14-32)24-52-37(54)15-16-38(52)55/h8-10,15-16,20-21,28-30,32,34-35,42,60H,11-14,17-19,22-25H2,1-7H3,(H,48,58)(H,49,59)/b10-8+,26-9+/t28-,29-,30?,32?,34+,35+,42+,45+,46+/m0/s1. The summed E-state index contributed by atoms with van der Waals surface area (Å²) in [6.45, 7) is 9.09. The summed E-state index contributed by atoms with van der Waals surface area (Å²) in [5.74, 6) is -3.57. The number of nitrogens with one attached hydrogen (secondary N) is 2. The minimum Gasteiger partial charge on any atom is -0.457 e. The number of nitrogens with zero attached hydrogens (tertiary/aromatic N) is 3. The molecular weight excluding hydrogens is 834 g/mol. The first-order chi connectivity index (χ1) is 29.7. The molecule has 0 spiro atoms. The van der Waals surface area contributed by atoms with Gasteiger partial charge in [-0.2, -0.15) is 0 Å². The molecule has 0 aromatic heterocycles. The van der Waals surface area contributed by atoms with E-state index in [9.17, 15) is 38.7 Å². The molecule has 6 rings (SSSR count). The van der Waals surface area contributed by atoms with E-state index in [2.05, 4.69) is 10.6 Å². The Morgan fingerprint density at radius 1 is 1.06 bits per heavy atom. The molecule has 4 heterocycles. The van der Waals surface area contributed by atoms with E-state index in [1.807, 2.05) is 51.1 Å². The predicted octanol–water partition coefficient (Wildman–Crippen LogP) is 4.28. The van der Waals surface area contributed by atoms with Crippen molar-refractivity contribution in [3.05, 3.63) is 64.2 Å². The van der Waals surface area contributed by atoms with Gasteiger partial charge < -0.3 is 34.4 Å². The Morgan fingerprint density at radius 3 is 2.43 bits per heavy atom. The van der Waals surface area contributed by atoms with Gasteiger partial charge in [0.05, 0.1) is 23.2 Å². The molecule has 63 heavy (non-hydrogen) atoms. The Hall–Kier alpha value is -5.06. The van der Waals surface area contributed by atoms with Crippen molar-refractivity contribution in [2.24, 2.45) is 23.7 Å². The van der Waals surface area contributed by atoms with Gasteiger partial charge in [-0.05, 0) is 76.0 Å². The summed E-state index contributed by atoms with van der Waals surface area (Å²) >= 11 is 6.78. The van der Waals surface area contributed by atoms with Crippen LogP contribution in [0.5, 0.6) is 0 Å². The summed E-state index contributed by atoms with van der Waals surface area (Å²) in [5.41, 5.74) is 0.307. The monoisotopic (exact) mass is 893 g/mol. The minimum absolute atomic E-state index is 0.0392. The van der Waals surface area contributed by atoms with Gasteiger partial charge in [0.25, 0.3) is 11.8 Å². The van der Waals surface area contributed by atoms with E-state index in [-0.39, 0.29) is 55.4 Å². The van der Waals surface area contributed by atoms with Crippen molar-refractivity contribution in [1.82, 2.24) is 20.4 Å². The number of amides is 6. The summed E-state index contributed by atoms with van der Waals surface area (Å²) in [6, 6.07) is 3.80. The number of benzene rings is 1. The van der Waals surface area contributed by atoms with Gasteiger partial charge in [0.1, 0.15) is 30.1 Å². The van der Waals surface area contributed by atoms with Gasteiger partial charge in [0.2, 0.25) is 17.7 Å². The number of hydrogen-bond acceptors (Lipinski definition) is 11. The number of carbonyl (C=O) groups excluding carboxylic acids is 7. The number of rotatable bonds is 9. The molecule has 342 valence electrons. The number of ether oxygens (including phenoxy) is 3. The van der Waals surface area contributed by atoms with Gasteiger partial charge in [0.15, 0.2) is 0 Å². The van der Waals surface area contributed by atoms with Gasteiger partial charge in [-0.1, -0.05) is 55.3 Å². The Morgan fingerprint density at radius 2 is 1.75 bits per heavy atom. The molecule has 0 radical (unpaired) electrons. The molecule has 4 aliphatic heterocycles. The molecule has 17 heteroatoms. The van der Waals surface area contributed by atoms with Crippen LogP contribution in [0.3, 0.4) is 0 Å². The number of likely N-dealkylation sites (N-methyl/N-ethyl adjacent to an activating group) is 1. The lowest BCUT2D eigenvalue weighted by molar-refractivity contribution is -0.157. The van der Waals surface area contributed by atoms with E-state index >= 15 is 0 Å². The number of hydrogen-bond donors (Lipinski definition) is 3. The molecule has 0 unspecified atom stereocenters. The third kappa shape index (κ3) is 11.0. The van der Waals surface area contributed by atoms with Crippen molar-refractivity contribution < 1.29 is 52.9 Å². The molecule has 4 bridgehead atoms. The smallest absolute Gasteiger partial charge is 0.409 e. The van der Waals surface area contributed by atoms with E-state index in [4.69, 9.17) is 25.8 Å². The summed E-state index contributed by atoms with van der Waals surface area (Å²) < 4.78 is 18.0. The lowest BCUT2D eigenvalue weighted by atomic mass is 9.81. The van der Waals surface area contributed by atoms with Crippen LogP contribution in [0, 0.1) is 30.6 Å². The number of allylic oxidation sites excluding steroid dienone is 3. The molecule has 2 saturated heterocycles. The topological polar surface area (TPSA) is 204 Å². The number of halogens is 1. The number of anilines is 1. The molecule has 1 aromatic carbocycles. The number of carbonyl (C=O) groups is 7. The molecule has 3 fully saturated rings. The van der Waals surface area contributed by atoms with Crippen LogP contribution in [-0.2, 0) is 49.4 Å². The number of alkyl carbamates (subject to hydrolysis) is 1. The van der Waals surface area contributed by atoms with Crippen molar-refractivity contribution in [2.45, 2.75) is 116 Å². The summed E-state index contributed by atoms with van der Waals surface area (Å²) in [4.78, 5) is 94.5. The van der Waals surface area contributed by atoms with E-state index in [1.54, 1.807) is 20.9 Å². The normalized spacial score (nSPS) is 32.5. The highest BCUT2D eigenvalue weighted by Gasteiger charge is 2.64. The van der Waals surface area contributed by atoms with Crippen LogP contribution >= 0.6 is 11.6 Å². The molecule has 16 nitrogen and oxygen atoms in total. The number of epoxide rings is 1. The van der Waals surface area contributed by atoms with Crippen LogP contribution in [0.25, 0.3) is 0 Å². The fourth-order valence-electron chi connectivity index (χ4n) is 9.13. The summed E-state index contributed by atoms with van der Waals surface area (Å²) in [5, 5.41) is 17.5. The number of aryl methyl sites for hydroxylation is 1. The van der Waals surface area contributed by atoms with Crippen LogP contribution in [-0.4, -0.2) is 120 Å². The molecule has 6 amide bonds. The SMILES string of the molecule is C/C1=C\C=C\[C@H](C)[C@]2(O)C[C@@H](OC(=O)N2)[C@H](C)[C@H]2O[C@]2(C)[C@H](OC(=O)CN(C)C(=O)CCNC(=O)C2CCC(CN3C(=O)C=CC3=O)CC2)CC(=O)N(C)c2cc(cc(C)c2Cl)C1. The molecule has 7 atom stereocenters. The zero-order valence-electron chi connectivity index (χ0n) is 37.1. The van der Waals surface area contributed by atoms with Crippen molar-refractivity contribution in [3.8, 4) is 0 Å². The maximum absolute atomic E-state index is 14.1. The molecule has 3 N–H and O–H groups in total. The second-order valence-electron chi connectivity index (χ2n) is 18.2. The molecule has 1 aliphatic carbocycles. The lowest BCUT2D eigenvalue weighted by Gasteiger charge is -2.41. The highest BCUT2D eigenvalue weighted by atomic mass is 35.5. The first-order valence-electron chi connectivity index (χ1n) is 21.7. The van der Waals surface area contributed by atoms with Crippen molar-refractivity contribution in [2.75, 3.05) is 38.6 Å². The fourth-order valence-corrected chi connectivity index (χ4v) is 9.36. The van der Waals surface area contributed by atoms with E-state index in [1.165, 1.54) is 33.9 Å². The molecular formula is C46H60ClN5O11. The zero-order chi connectivity index (χ0) is 46.0. The first-order valence-corrected chi connectivity index (χ1v) is 22.1. The maximum Gasteiger partial charge on any atom is 0.409 e. The minimum atomic E-state index is -1.63. The van der Waals surface area contributed by atoms with Crippen LogP contribution in [0.4, 0.5) is 10.5 Å². The number of esters is 1. The third-order valence-corrected chi connectivity index (χ3v) is 13.8. The highest BCUT2D eigenvalue weighted by molar-refractivity contribution is 6.34. The predicted molar refractivity (Wildman–Crippen MR) is 232 cm³/mol. The third-order valence-electron chi connectivity index (χ3n) is 13.4. The molecule has 1 aromatic rings. The van der Waals surface area contributed by atoms with E-state index in [0.29, 0.717) is 49.4 Å². The van der Waals surface area contributed by atoms with Gasteiger partial charge in [0, 0.05) is 69.9 Å². The van der Waals surface area contributed by atoms with Gasteiger partial charge in [-0.15, -0.1) is 0 Å². The average Bonchev–Trinajstić information content (AvgIpc) is 3.83. The Bertz CT molecular complexity index is 2080. The van der Waals surface area contributed by atoms with Gasteiger partial charge in [-0.25, -0.2) is 4.79 Å². The van der Waals surface area contributed by atoms with Crippen LogP contribution in [0.1, 0.15) is 83.8 Å². The number of imide groups is 1. The van der Waals surface area contributed by atoms with Crippen LogP contribution in [0.15, 0.2) is 48.1 Å². The second kappa shape index (κ2) is 19.4. The van der Waals surface area contributed by atoms with Crippen molar-refractivity contribution in [3.63, 3.8) is 0 Å². The van der Waals surface area contributed by atoms with Crippen LogP contribution < -0.4 is 15.5 Å². The van der Waals surface area contributed by atoms with Crippen molar-refractivity contribution >= 4 is 58.9 Å². The van der Waals surface area contributed by atoms with E-state index in [0.717, 1.165) is 16.7 Å². The Kier molecular flexibility index (Phi) is 14.6. The maximum atomic E-state index is 14.1. The second-order valence-corrected chi connectivity index (χ2v) is 18.5. The number of aliphatic hydroxyl groups is 1. The molecule has 1 saturated carbocycles. The van der Waals surface area contributed by atoms with Gasteiger partial charge >= 0.3 is 12.1 Å². The lowest BCUT2D eigenvalue weighted by Crippen LogP contribution is -2.60. The summed E-state index contributed by atoms with van der Waals surface area (Å²) in [7, 11) is 3.04. The van der Waals surface area contributed by atoms with E-state index < -0.39 is 71.9 Å². The van der Waals surface area contributed by atoms with Crippen molar-refractivity contribution in [1.29, 1.82) is 0 Å². The largest absolute Gasteiger partial charge is 0.457 e. The quantitative estimate of drug-likeness (QED) is 0.181. The fraction of sp³-hybridized carbons (Fsp3) is 0.587. The Balaban J connectivity index is 1.11. The average molecular weight is 894 g/mol. The summed E-state index contributed by atoms with van der Waals surface area (Å²) in [6.07, 6.45) is 7.51. The zero-order valence-corrected chi connectivity index (χ0v) is 37.9. The highest BCUT2D eigenvalue weighted by Crippen LogP contribution is 2.49. The first kappa shape index (κ1) is 47.4. The van der Waals surface area contributed by atoms with Gasteiger partial charge in [-0.3, -0.25) is 39.0 Å².